The molecule has 1 aliphatic heterocycles. The van der Waals surface area contributed by atoms with E-state index in [1.165, 1.54) is 11.8 Å². The Labute approximate surface area is 121 Å². The predicted octanol–water partition coefficient (Wildman–Crippen LogP) is 1.90. The first-order valence-corrected chi connectivity index (χ1v) is 7.71. The Bertz CT molecular complexity index is 752. The molecular weight excluding hydrogens is 274 g/mol. The fourth-order valence-corrected chi connectivity index (χ4v) is 2.98. The van der Waals surface area contributed by atoms with Gasteiger partial charge in [0.2, 0.25) is 0 Å². The second kappa shape index (κ2) is 4.56. The van der Waals surface area contributed by atoms with Crippen LogP contribution >= 0.6 is 11.8 Å². The van der Waals surface area contributed by atoms with Crippen LogP contribution in [-0.4, -0.2) is 26.4 Å². The minimum atomic E-state index is -0.213. The summed E-state index contributed by atoms with van der Waals surface area (Å²) in [5, 5.41) is 1.24. The summed E-state index contributed by atoms with van der Waals surface area (Å²) in [7, 11) is 1.74. The van der Waals surface area contributed by atoms with Gasteiger partial charge in [-0.25, -0.2) is 9.97 Å². The lowest BCUT2D eigenvalue weighted by Crippen LogP contribution is -2.33. The molecule has 6 heteroatoms. The molecule has 0 aromatic carbocycles. The number of aromatic nitrogens is 3. The van der Waals surface area contributed by atoms with Crippen LogP contribution in [0.25, 0.3) is 11.0 Å². The summed E-state index contributed by atoms with van der Waals surface area (Å²) in [6.45, 7) is 4.60. The predicted molar refractivity (Wildman–Crippen MR) is 79.1 cm³/mol. The van der Waals surface area contributed by atoms with Gasteiger partial charge in [-0.1, -0.05) is 11.8 Å². The van der Waals surface area contributed by atoms with E-state index < -0.39 is 0 Å². The molecule has 0 saturated carbocycles. The molecule has 0 amide bonds. The Kier molecular flexibility index (Phi) is 3.10. The Morgan fingerprint density at radius 1 is 1.40 bits per heavy atom. The average Bonchev–Trinajstić information content (AvgIpc) is 2.40. The molecule has 0 saturated heterocycles. The van der Waals surface area contributed by atoms with E-state index in [0.29, 0.717) is 22.8 Å². The molecule has 0 N–H and O–H groups in total. The summed E-state index contributed by atoms with van der Waals surface area (Å²) in [6, 6.07) is 1.88. The maximum Gasteiger partial charge on any atom is 0.263 e. The highest BCUT2D eigenvalue weighted by Gasteiger charge is 2.28. The van der Waals surface area contributed by atoms with E-state index in [-0.39, 0.29) is 11.2 Å². The third-order valence-electron chi connectivity index (χ3n) is 3.59. The lowest BCUT2D eigenvalue weighted by Gasteiger charge is -2.31. The zero-order chi connectivity index (χ0) is 14.5. The van der Waals surface area contributed by atoms with Crippen LogP contribution in [0.15, 0.2) is 16.0 Å². The third kappa shape index (κ3) is 2.13. The molecule has 0 atom stereocenters. The highest BCUT2D eigenvalue weighted by Crippen LogP contribution is 2.28. The molecule has 2 aromatic heterocycles. The van der Waals surface area contributed by atoms with Gasteiger partial charge in [0, 0.05) is 19.0 Å². The number of thioether (sulfide) groups is 1. The van der Waals surface area contributed by atoms with Crippen LogP contribution in [0.4, 0.5) is 0 Å². The number of hydrogen-bond acceptors (Lipinski definition) is 5. The molecule has 2 aromatic rings. The SMILES string of the molecule is CSc1nc2nc3c(cc2c(=O)n1C)COC(C)(C)C3. The van der Waals surface area contributed by atoms with Gasteiger partial charge < -0.3 is 4.74 Å². The van der Waals surface area contributed by atoms with E-state index in [0.717, 1.165) is 17.7 Å². The van der Waals surface area contributed by atoms with E-state index in [4.69, 9.17) is 4.74 Å². The summed E-state index contributed by atoms with van der Waals surface area (Å²) in [6.07, 6.45) is 2.65. The number of fused-ring (bicyclic) bond motifs is 2. The van der Waals surface area contributed by atoms with E-state index in [2.05, 4.69) is 9.97 Å². The van der Waals surface area contributed by atoms with Crippen molar-refractivity contribution in [3.05, 3.63) is 27.7 Å². The minimum absolute atomic E-state index is 0.0560. The van der Waals surface area contributed by atoms with Crippen molar-refractivity contribution in [2.75, 3.05) is 6.26 Å². The Morgan fingerprint density at radius 2 is 2.15 bits per heavy atom. The van der Waals surface area contributed by atoms with Crippen molar-refractivity contribution >= 4 is 22.8 Å². The number of pyridine rings is 1. The van der Waals surface area contributed by atoms with Crippen LogP contribution in [0.3, 0.4) is 0 Å². The number of nitrogens with zero attached hydrogens (tertiary/aromatic N) is 3. The van der Waals surface area contributed by atoms with Crippen molar-refractivity contribution in [3.8, 4) is 0 Å². The van der Waals surface area contributed by atoms with Gasteiger partial charge >= 0.3 is 0 Å². The molecule has 3 heterocycles. The van der Waals surface area contributed by atoms with Crippen LogP contribution in [-0.2, 0) is 24.8 Å². The van der Waals surface area contributed by atoms with Crippen molar-refractivity contribution in [2.45, 2.75) is 37.6 Å². The van der Waals surface area contributed by atoms with Crippen LogP contribution in [0.1, 0.15) is 25.1 Å². The smallest absolute Gasteiger partial charge is 0.263 e. The van der Waals surface area contributed by atoms with E-state index in [1.54, 1.807) is 11.6 Å². The van der Waals surface area contributed by atoms with Crippen LogP contribution in [0.5, 0.6) is 0 Å². The van der Waals surface area contributed by atoms with E-state index >= 15 is 0 Å². The monoisotopic (exact) mass is 291 g/mol. The standard InChI is InChI=1S/C14H17N3O2S/c1-14(2)6-10-8(7-19-14)5-9-11(15-10)16-13(20-4)17(3)12(9)18/h5H,6-7H2,1-4H3. The lowest BCUT2D eigenvalue weighted by molar-refractivity contribution is -0.0411. The summed E-state index contributed by atoms with van der Waals surface area (Å²) < 4.78 is 7.35. The molecule has 20 heavy (non-hydrogen) atoms. The summed E-state index contributed by atoms with van der Waals surface area (Å²) >= 11 is 1.45. The van der Waals surface area contributed by atoms with Gasteiger partial charge in [-0.3, -0.25) is 9.36 Å². The lowest BCUT2D eigenvalue weighted by atomic mass is 9.95. The molecule has 3 rings (SSSR count). The third-order valence-corrected chi connectivity index (χ3v) is 4.32. The highest BCUT2D eigenvalue weighted by molar-refractivity contribution is 7.98. The summed E-state index contributed by atoms with van der Waals surface area (Å²) in [5.74, 6) is 0. The molecule has 0 fully saturated rings. The zero-order valence-electron chi connectivity index (χ0n) is 12.1. The fourth-order valence-electron chi connectivity index (χ4n) is 2.45. The first-order valence-electron chi connectivity index (χ1n) is 6.49. The van der Waals surface area contributed by atoms with Crippen LogP contribution in [0, 0.1) is 0 Å². The molecule has 106 valence electrons. The molecule has 5 nitrogen and oxygen atoms in total. The average molecular weight is 291 g/mol. The van der Waals surface area contributed by atoms with Gasteiger partial charge in [0.25, 0.3) is 5.56 Å². The largest absolute Gasteiger partial charge is 0.370 e. The van der Waals surface area contributed by atoms with Gasteiger partial charge in [-0.2, -0.15) is 0 Å². The molecule has 0 unspecified atom stereocenters. The van der Waals surface area contributed by atoms with Crippen molar-refractivity contribution in [1.29, 1.82) is 0 Å². The Morgan fingerprint density at radius 3 is 2.85 bits per heavy atom. The van der Waals surface area contributed by atoms with Gasteiger partial charge in [0.1, 0.15) is 0 Å². The van der Waals surface area contributed by atoms with Gasteiger partial charge in [-0.05, 0) is 26.2 Å². The van der Waals surface area contributed by atoms with Crippen LogP contribution in [0.2, 0.25) is 0 Å². The van der Waals surface area contributed by atoms with Gasteiger partial charge in [0.15, 0.2) is 10.8 Å². The highest BCUT2D eigenvalue weighted by atomic mass is 32.2. The molecule has 0 radical (unpaired) electrons. The van der Waals surface area contributed by atoms with E-state index in [1.807, 2.05) is 26.2 Å². The van der Waals surface area contributed by atoms with Gasteiger partial charge in [0.05, 0.1) is 23.3 Å². The van der Waals surface area contributed by atoms with Gasteiger partial charge in [-0.15, -0.1) is 0 Å². The molecule has 0 aliphatic carbocycles. The maximum atomic E-state index is 12.3. The fraction of sp³-hybridized carbons (Fsp3) is 0.500. The normalized spacial score (nSPS) is 17.2. The second-order valence-electron chi connectivity index (χ2n) is 5.65. The topological polar surface area (TPSA) is 57.0 Å². The van der Waals surface area contributed by atoms with Crippen molar-refractivity contribution in [3.63, 3.8) is 0 Å². The number of rotatable bonds is 1. The molecule has 1 aliphatic rings. The Hall–Kier alpha value is -1.40. The maximum absolute atomic E-state index is 12.3. The zero-order valence-corrected chi connectivity index (χ0v) is 12.9. The Balaban J connectivity index is 2.26. The minimum Gasteiger partial charge on any atom is -0.370 e. The quantitative estimate of drug-likeness (QED) is 0.593. The van der Waals surface area contributed by atoms with Crippen molar-refractivity contribution in [1.82, 2.24) is 14.5 Å². The van der Waals surface area contributed by atoms with Crippen LogP contribution < -0.4 is 5.56 Å². The van der Waals surface area contributed by atoms with Crippen molar-refractivity contribution in [2.24, 2.45) is 7.05 Å². The summed E-state index contributed by atoms with van der Waals surface area (Å²) in [4.78, 5) is 21.4. The summed E-state index contributed by atoms with van der Waals surface area (Å²) in [5.41, 5.74) is 2.25. The van der Waals surface area contributed by atoms with E-state index in [9.17, 15) is 4.79 Å². The first-order chi connectivity index (χ1) is 9.41. The van der Waals surface area contributed by atoms with Crippen molar-refractivity contribution < 1.29 is 4.74 Å². The number of hydrogen-bond donors (Lipinski definition) is 0. The molecular formula is C14H17N3O2S. The first kappa shape index (κ1) is 13.6. The molecule has 0 spiro atoms. The number of ether oxygens (including phenoxy) is 1. The second-order valence-corrected chi connectivity index (χ2v) is 6.43. The molecule has 0 bridgehead atoms.